The Hall–Kier alpha value is -1.59. The van der Waals surface area contributed by atoms with Crippen molar-refractivity contribution < 1.29 is 4.74 Å². The van der Waals surface area contributed by atoms with Gasteiger partial charge in [0.2, 0.25) is 0 Å². The molecule has 5 heteroatoms. The van der Waals surface area contributed by atoms with Gasteiger partial charge in [-0.1, -0.05) is 13.8 Å². The van der Waals surface area contributed by atoms with Crippen LogP contribution in [0.4, 0.5) is 5.69 Å². The molecule has 0 aliphatic carbocycles. The largest absolute Gasteiger partial charge is 0.494 e. The molecular weight excluding hydrogens is 318 g/mol. The standard InChI is InChI=1S/C19H29N3OS/c1-5-21(6-2)13-8-14-22-16(4)15-24-19(22)20-17-9-11-18(12-10-17)23-7-3/h9-12,15H,5-8,13-14H2,1-4H3. The average molecular weight is 348 g/mol. The summed E-state index contributed by atoms with van der Waals surface area (Å²) in [6.45, 7) is 13.7. The number of thiazole rings is 1. The van der Waals surface area contributed by atoms with Gasteiger partial charge in [0.05, 0.1) is 12.3 Å². The summed E-state index contributed by atoms with van der Waals surface area (Å²) in [6.07, 6.45) is 1.15. The molecule has 1 aromatic heterocycles. The van der Waals surface area contributed by atoms with E-state index < -0.39 is 0 Å². The van der Waals surface area contributed by atoms with Crippen molar-refractivity contribution in [2.45, 2.75) is 40.7 Å². The number of benzene rings is 1. The third-order valence-electron chi connectivity index (χ3n) is 4.11. The molecule has 0 unspecified atom stereocenters. The maximum absolute atomic E-state index is 5.49. The van der Waals surface area contributed by atoms with Gasteiger partial charge in [-0.25, -0.2) is 4.99 Å². The first-order chi connectivity index (χ1) is 11.7. The lowest BCUT2D eigenvalue weighted by Crippen LogP contribution is -2.26. The molecule has 1 heterocycles. The Morgan fingerprint density at radius 3 is 2.46 bits per heavy atom. The van der Waals surface area contributed by atoms with Gasteiger partial charge < -0.3 is 14.2 Å². The van der Waals surface area contributed by atoms with E-state index >= 15 is 0 Å². The van der Waals surface area contributed by atoms with Gasteiger partial charge in [-0.15, -0.1) is 11.3 Å². The van der Waals surface area contributed by atoms with Crippen molar-refractivity contribution in [3.05, 3.63) is 40.1 Å². The van der Waals surface area contributed by atoms with Gasteiger partial charge >= 0.3 is 0 Å². The van der Waals surface area contributed by atoms with E-state index in [9.17, 15) is 0 Å². The van der Waals surface area contributed by atoms with Gasteiger partial charge in [-0.3, -0.25) is 0 Å². The van der Waals surface area contributed by atoms with Crippen molar-refractivity contribution >= 4 is 17.0 Å². The van der Waals surface area contributed by atoms with E-state index in [1.807, 2.05) is 31.2 Å². The molecule has 0 N–H and O–H groups in total. The lowest BCUT2D eigenvalue weighted by Gasteiger charge is -2.18. The number of aromatic nitrogens is 1. The highest BCUT2D eigenvalue weighted by Crippen LogP contribution is 2.18. The van der Waals surface area contributed by atoms with Crippen LogP contribution in [-0.4, -0.2) is 35.7 Å². The van der Waals surface area contributed by atoms with E-state index in [4.69, 9.17) is 9.73 Å². The highest BCUT2D eigenvalue weighted by Gasteiger charge is 2.04. The van der Waals surface area contributed by atoms with Crippen molar-refractivity contribution in [3.63, 3.8) is 0 Å². The van der Waals surface area contributed by atoms with E-state index in [1.165, 1.54) is 5.69 Å². The van der Waals surface area contributed by atoms with Crippen LogP contribution in [0.1, 0.15) is 32.9 Å². The smallest absolute Gasteiger partial charge is 0.190 e. The molecule has 1 aromatic carbocycles. The molecule has 0 radical (unpaired) electrons. The van der Waals surface area contributed by atoms with Crippen LogP contribution in [0.5, 0.6) is 5.75 Å². The summed E-state index contributed by atoms with van der Waals surface area (Å²) >= 11 is 1.71. The van der Waals surface area contributed by atoms with Gasteiger partial charge in [-0.2, -0.15) is 0 Å². The Morgan fingerprint density at radius 2 is 1.83 bits per heavy atom. The molecule has 0 aliphatic heterocycles. The first kappa shape index (κ1) is 18.7. The Labute approximate surface area is 149 Å². The zero-order valence-electron chi connectivity index (χ0n) is 15.3. The Bertz CT molecular complexity index is 669. The molecule has 24 heavy (non-hydrogen) atoms. The number of hydrogen-bond acceptors (Lipinski definition) is 4. The zero-order valence-corrected chi connectivity index (χ0v) is 16.1. The fourth-order valence-corrected chi connectivity index (χ4v) is 3.58. The molecule has 0 atom stereocenters. The first-order valence-electron chi connectivity index (χ1n) is 8.82. The van der Waals surface area contributed by atoms with E-state index in [-0.39, 0.29) is 0 Å². The first-order valence-corrected chi connectivity index (χ1v) is 9.70. The summed E-state index contributed by atoms with van der Waals surface area (Å²) in [6, 6.07) is 7.99. The van der Waals surface area contributed by atoms with Crippen LogP contribution in [0, 0.1) is 6.92 Å². The van der Waals surface area contributed by atoms with E-state index in [2.05, 4.69) is 35.6 Å². The second-order valence-corrected chi connectivity index (χ2v) is 6.57. The molecule has 0 saturated carbocycles. The summed E-state index contributed by atoms with van der Waals surface area (Å²) in [5, 5.41) is 2.19. The number of rotatable bonds is 9. The molecule has 0 saturated heterocycles. The fraction of sp³-hybridized carbons (Fsp3) is 0.526. The zero-order chi connectivity index (χ0) is 17.4. The van der Waals surface area contributed by atoms with Crippen LogP contribution in [-0.2, 0) is 6.54 Å². The summed E-state index contributed by atoms with van der Waals surface area (Å²) in [5.41, 5.74) is 2.25. The Kier molecular flexibility index (Phi) is 7.53. The highest BCUT2D eigenvalue weighted by atomic mass is 32.1. The van der Waals surface area contributed by atoms with E-state index in [0.29, 0.717) is 6.61 Å². The predicted molar refractivity (Wildman–Crippen MR) is 102 cm³/mol. The van der Waals surface area contributed by atoms with Crippen LogP contribution >= 0.6 is 11.3 Å². The molecule has 132 valence electrons. The van der Waals surface area contributed by atoms with Crippen LogP contribution in [0.2, 0.25) is 0 Å². The minimum absolute atomic E-state index is 0.688. The van der Waals surface area contributed by atoms with Crippen LogP contribution in [0.15, 0.2) is 34.6 Å². The van der Waals surface area contributed by atoms with Gasteiger partial charge in [-0.05, 0) is 64.2 Å². The van der Waals surface area contributed by atoms with Crippen LogP contribution in [0.25, 0.3) is 0 Å². The number of hydrogen-bond donors (Lipinski definition) is 0. The van der Waals surface area contributed by atoms with Crippen molar-refractivity contribution in [3.8, 4) is 5.75 Å². The van der Waals surface area contributed by atoms with Gasteiger partial charge in [0.25, 0.3) is 0 Å². The monoisotopic (exact) mass is 347 g/mol. The summed E-state index contributed by atoms with van der Waals surface area (Å²) in [5.74, 6) is 0.894. The van der Waals surface area contributed by atoms with E-state index in [1.54, 1.807) is 11.3 Å². The molecule has 0 amide bonds. The van der Waals surface area contributed by atoms with Gasteiger partial charge in [0.15, 0.2) is 4.80 Å². The van der Waals surface area contributed by atoms with Crippen LogP contribution < -0.4 is 9.54 Å². The van der Waals surface area contributed by atoms with Crippen molar-refractivity contribution in [2.75, 3.05) is 26.2 Å². The molecule has 0 spiro atoms. The average Bonchev–Trinajstić information content (AvgIpc) is 2.94. The topological polar surface area (TPSA) is 29.8 Å². The quantitative estimate of drug-likeness (QED) is 0.680. The number of nitrogens with zero attached hydrogens (tertiary/aromatic N) is 3. The van der Waals surface area contributed by atoms with Crippen LogP contribution in [0.3, 0.4) is 0 Å². The van der Waals surface area contributed by atoms with Gasteiger partial charge in [0.1, 0.15) is 5.75 Å². The molecule has 0 fully saturated rings. The molecule has 0 bridgehead atoms. The van der Waals surface area contributed by atoms with Crippen molar-refractivity contribution in [1.29, 1.82) is 0 Å². The maximum atomic E-state index is 5.49. The maximum Gasteiger partial charge on any atom is 0.190 e. The fourth-order valence-electron chi connectivity index (χ4n) is 2.66. The SMILES string of the molecule is CCOc1ccc(N=c2scc(C)n2CCCN(CC)CC)cc1. The normalized spacial score (nSPS) is 12.1. The third-order valence-corrected chi connectivity index (χ3v) is 5.10. The number of aryl methyl sites for hydroxylation is 1. The Balaban J connectivity index is 2.10. The molecule has 2 aromatic rings. The minimum atomic E-state index is 0.688. The number of ether oxygens (including phenoxy) is 1. The second kappa shape index (κ2) is 9.64. The third kappa shape index (κ3) is 5.21. The molecule has 0 aliphatic rings. The summed E-state index contributed by atoms with van der Waals surface area (Å²) < 4.78 is 7.81. The summed E-state index contributed by atoms with van der Waals surface area (Å²) in [7, 11) is 0. The van der Waals surface area contributed by atoms with E-state index in [0.717, 1.165) is 48.8 Å². The van der Waals surface area contributed by atoms with Crippen molar-refractivity contribution in [1.82, 2.24) is 9.47 Å². The second-order valence-electron chi connectivity index (χ2n) is 5.73. The highest BCUT2D eigenvalue weighted by molar-refractivity contribution is 7.07. The lowest BCUT2D eigenvalue weighted by atomic mass is 10.3. The lowest BCUT2D eigenvalue weighted by molar-refractivity contribution is 0.292. The molecule has 2 rings (SSSR count). The van der Waals surface area contributed by atoms with Gasteiger partial charge in [0, 0.05) is 17.6 Å². The Morgan fingerprint density at radius 1 is 1.12 bits per heavy atom. The predicted octanol–water partition coefficient (Wildman–Crippen LogP) is 4.22. The molecular formula is C19H29N3OS. The molecule has 4 nitrogen and oxygen atoms in total. The van der Waals surface area contributed by atoms with Crippen molar-refractivity contribution in [2.24, 2.45) is 4.99 Å². The summed E-state index contributed by atoms with van der Waals surface area (Å²) in [4.78, 5) is 8.34. The minimum Gasteiger partial charge on any atom is -0.494 e.